The third kappa shape index (κ3) is 4.85. The maximum Gasteiger partial charge on any atom is 0.452 e. The highest BCUT2D eigenvalue weighted by molar-refractivity contribution is 8.19. The number of hydrogen-bond donors (Lipinski definition) is 0. The zero-order valence-corrected chi connectivity index (χ0v) is 14.2. The van der Waals surface area contributed by atoms with Crippen LogP contribution in [0.5, 0.6) is 0 Å². The quantitative estimate of drug-likeness (QED) is 0.597. The van der Waals surface area contributed by atoms with Crippen LogP contribution in [-0.4, -0.2) is 22.6 Å². The molecule has 6 nitrogen and oxygen atoms in total. The molecule has 1 aliphatic heterocycles. The number of carbonyl (C=O) groups is 2. The van der Waals surface area contributed by atoms with Crippen molar-refractivity contribution in [1.29, 1.82) is 0 Å². The van der Waals surface area contributed by atoms with Crippen molar-refractivity contribution in [3.8, 4) is 0 Å². The van der Waals surface area contributed by atoms with Gasteiger partial charge >= 0.3 is 6.09 Å². The molecule has 23 heavy (non-hydrogen) atoms. The number of allylic oxidation sites excluding steroid dienone is 1. The molecule has 1 heterocycles. The molecule has 7 heteroatoms. The summed E-state index contributed by atoms with van der Waals surface area (Å²) in [7, 11) is 0. The van der Waals surface area contributed by atoms with Gasteiger partial charge in [-0.25, -0.2) is 9.79 Å². The first-order valence-electron chi connectivity index (χ1n) is 6.98. The molecular weight excluding hydrogens is 314 g/mol. The van der Waals surface area contributed by atoms with Gasteiger partial charge in [-0.05, 0) is 27.7 Å². The molecule has 0 saturated carbocycles. The Labute approximate surface area is 138 Å². The molecule has 120 valence electrons. The molecule has 0 atom stereocenters. The maximum absolute atomic E-state index is 12.0. The second-order valence-electron chi connectivity index (χ2n) is 5.79. The van der Waals surface area contributed by atoms with Crippen LogP contribution >= 0.6 is 11.8 Å². The van der Waals surface area contributed by atoms with Gasteiger partial charge in [-0.3, -0.25) is 4.79 Å². The molecule has 0 N–H and O–H groups in total. The highest BCUT2D eigenvalue weighted by atomic mass is 32.2. The number of carbonyl (C=O) groups excluding carboxylic acids is 2. The van der Waals surface area contributed by atoms with Crippen LogP contribution in [0, 0.1) is 0 Å². The molecule has 0 radical (unpaired) electrons. The van der Waals surface area contributed by atoms with E-state index >= 15 is 0 Å². The van der Waals surface area contributed by atoms with Crippen molar-refractivity contribution in [3.63, 3.8) is 0 Å². The lowest BCUT2D eigenvalue weighted by Crippen LogP contribution is -2.21. The topological polar surface area (TPSA) is 80.4 Å². The molecule has 2 amide bonds. The van der Waals surface area contributed by atoms with Crippen molar-refractivity contribution in [2.24, 2.45) is 15.2 Å². The zero-order valence-electron chi connectivity index (χ0n) is 13.4. The standard InChI is InChI=1S/C16H17N3O3S/c1-10(18-19-15(21)22-16(2,3)4)12-13(20)17-14(23-12)11-8-6-5-7-9-11/h5-9H,1-4H3/b12-10-,19-18?. The maximum atomic E-state index is 12.0. The lowest BCUT2D eigenvalue weighted by molar-refractivity contribution is -0.113. The summed E-state index contributed by atoms with van der Waals surface area (Å²) < 4.78 is 5.03. The molecule has 0 aromatic heterocycles. The van der Waals surface area contributed by atoms with E-state index in [1.54, 1.807) is 27.7 Å². The van der Waals surface area contributed by atoms with Crippen LogP contribution in [0.15, 0.2) is 56.2 Å². The van der Waals surface area contributed by atoms with Crippen molar-refractivity contribution < 1.29 is 14.3 Å². The molecule has 2 rings (SSSR count). The van der Waals surface area contributed by atoms with E-state index in [2.05, 4.69) is 15.2 Å². The van der Waals surface area contributed by atoms with Crippen LogP contribution in [0.1, 0.15) is 33.3 Å². The van der Waals surface area contributed by atoms with E-state index in [0.717, 1.165) is 5.56 Å². The summed E-state index contributed by atoms with van der Waals surface area (Å²) >= 11 is 1.22. The van der Waals surface area contributed by atoms with Gasteiger partial charge in [0.15, 0.2) is 0 Å². The first-order chi connectivity index (χ1) is 10.8. The van der Waals surface area contributed by atoms with Gasteiger partial charge < -0.3 is 4.74 Å². The van der Waals surface area contributed by atoms with Crippen LogP contribution in [0.25, 0.3) is 0 Å². The highest BCUT2D eigenvalue weighted by Gasteiger charge is 2.25. The van der Waals surface area contributed by atoms with E-state index in [-0.39, 0.29) is 5.91 Å². The number of amides is 2. The number of nitrogens with zero attached hydrogens (tertiary/aromatic N) is 3. The minimum absolute atomic E-state index is 0.334. The van der Waals surface area contributed by atoms with Crippen molar-refractivity contribution in [2.75, 3.05) is 0 Å². The van der Waals surface area contributed by atoms with Gasteiger partial charge in [-0.1, -0.05) is 47.2 Å². The Balaban J connectivity index is 2.11. The van der Waals surface area contributed by atoms with Crippen molar-refractivity contribution in [3.05, 3.63) is 46.5 Å². The van der Waals surface area contributed by atoms with Crippen LogP contribution < -0.4 is 0 Å². The fourth-order valence-corrected chi connectivity index (χ4v) is 2.58. The molecule has 0 spiro atoms. The van der Waals surface area contributed by atoms with Crippen LogP contribution in [-0.2, 0) is 9.53 Å². The van der Waals surface area contributed by atoms with E-state index in [0.29, 0.717) is 15.6 Å². The highest BCUT2D eigenvalue weighted by Crippen LogP contribution is 2.32. The number of ether oxygens (including phenoxy) is 1. The minimum atomic E-state index is -0.794. The Bertz CT molecular complexity index is 716. The molecule has 0 saturated heterocycles. The lowest BCUT2D eigenvalue weighted by Gasteiger charge is -2.16. The van der Waals surface area contributed by atoms with E-state index < -0.39 is 11.7 Å². The Kier molecular flexibility index (Phi) is 5.10. The molecule has 0 unspecified atom stereocenters. The van der Waals surface area contributed by atoms with Crippen molar-refractivity contribution >= 4 is 28.8 Å². The Hall–Kier alpha value is -2.28. The smallest absolute Gasteiger partial charge is 0.441 e. The fourth-order valence-electron chi connectivity index (χ4n) is 1.68. The van der Waals surface area contributed by atoms with E-state index in [1.807, 2.05) is 30.3 Å². The summed E-state index contributed by atoms with van der Waals surface area (Å²) in [5.74, 6) is -0.380. The van der Waals surface area contributed by atoms with Gasteiger partial charge in [-0.15, -0.1) is 5.11 Å². The summed E-state index contributed by atoms with van der Waals surface area (Å²) in [4.78, 5) is 27.9. The normalized spacial score (nSPS) is 17.4. The number of thioether (sulfide) groups is 1. The van der Waals surface area contributed by atoms with Crippen molar-refractivity contribution in [1.82, 2.24) is 0 Å². The number of azo groups is 1. The largest absolute Gasteiger partial charge is 0.452 e. The summed E-state index contributed by atoms with van der Waals surface area (Å²) in [5, 5.41) is 7.87. The Morgan fingerprint density at radius 3 is 2.43 bits per heavy atom. The fraction of sp³-hybridized carbons (Fsp3) is 0.312. The van der Waals surface area contributed by atoms with Gasteiger partial charge in [0, 0.05) is 5.56 Å². The molecule has 1 aromatic rings. The van der Waals surface area contributed by atoms with Gasteiger partial charge in [0.05, 0.1) is 5.70 Å². The summed E-state index contributed by atoms with van der Waals surface area (Å²) in [6.07, 6.45) is -0.794. The summed E-state index contributed by atoms with van der Waals surface area (Å²) in [5.41, 5.74) is 0.553. The van der Waals surface area contributed by atoms with Crippen LogP contribution in [0.4, 0.5) is 4.79 Å². The monoisotopic (exact) mass is 331 g/mol. The number of aliphatic imine (C=N–C) groups is 1. The predicted molar refractivity (Wildman–Crippen MR) is 89.4 cm³/mol. The minimum Gasteiger partial charge on any atom is -0.441 e. The predicted octanol–water partition coefficient (Wildman–Crippen LogP) is 4.33. The van der Waals surface area contributed by atoms with Gasteiger partial charge in [0.1, 0.15) is 15.5 Å². The Morgan fingerprint density at radius 1 is 1.17 bits per heavy atom. The molecule has 1 aromatic carbocycles. The summed E-state index contributed by atoms with van der Waals surface area (Å²) in [6, 6.07) is 9.39. The molecule has 1 aliphatic rings. The second kappa shape index (κ2) is 6.87. The lowest BCUT2D eigenvalue weighted by atomic mass is 10.2. The first kappa shape index (κ1) is 17.1. The van der Waals surface area contributed by atoms with E-state index in [9.17, 15) is 9.59 Å². The average molecular weight is 331 g/mol. The summed E-state index contributed by atoms with van der Waals surface area (Å²) in [6.45, 7) is 6.82. The third-order valence-electron chi connectivity index (χ3n) is 2.62. The zero-order chi connectivity index (χ0) is 17.0. The SMILES string of the molecule is C/C(N=NC(=O)OC(C)(C)C)=C1/SC(c2ccccc2)=NC1=O. The van der Waals surface area contributed by atoms with Gasteiger partial charge in [0.25, 0.3) is 5.91 Å². The second-order valence-corrected chi connectivity index (χ2v) is 6.78. The molecule has 0 bridgehead atoms. The van der Waals surface area contributed by atoms with E-state index in [1.165, 1.54) is 11.8 Å². The number of benzene rings is 1. The van der Waals surface area contributed by atoms with Gasteiger partial charge in [0.2, 0.25) is 0 Å². The first-order valence-corrected chi connectivity index (χ1v) is 7.80. The van der Waals surface area contributed by atoms with E-state index in [4.69, 9.17) is 4.74 Å². The third-order valence-corrected chi connectivity index (χ3v) is 3.82. The van der Waals surface area contributed by atoms with Gasteiger partial charge in [-0.2, -0.15) is 0 Å². The Morgan fingerprint density at radius 2 is 1.83 bits per heavy atom. The number of rotatable bonds is 2. The van der Waals surface area contributed by atoms with Crippen molar-refractivity contribution in [2.45, 2.75) is 33.3 Å². The van der Waals surface area contributed by atoms with Crippen LogP contribution in [0.2, 0.25) is 0 Å². The molecule has 0 aliphatic carbocycles. The van der Waals surface area contributed by atoms with Crippen LogP contribution in [0.3, 0.4) is 0 Å². The molecule has 0 fully saturated rings. The number of hydrogen-bond acceptors (Lipinski definition) is 5. The average Bonchev–Trinajstić information content (AvgIpc) is 2.86. The molecular formula is C16H17N3O3S.